The van der Waals surface area contributed by atoms with Gasteiger partial charge in [-0.2, -0.15) is 0 Å². The number of hydrogen-bond acceptors (Lipinski definition) is 10. The van der Waals surface area contributed by atoms with Gasteiger partial charge in [-0.1, -0.05) is 0 Å². The van der Waals surface area contributed by atoms with Crippen molar-refractivity contribution in [2.45, 2.75) is 43.4 Å². The zero-order valence-electron chi connectivity index (χ0n) is 13.7. The van der Waals surface area contributed by atoms with E-state index in [0.29, 0.717) is 12.1 Å². The molecule has 5 atom stereocenters. The highest BCUT2D eigenvalue weighted by Gasteiger charge is 2.27. The molecule has 144 valence electrons. The maximum Gasteiger partial charge on any atom is 0.126 e. The summed E-state index contributed by atoms with van der Waals surface area (Å²) in [7, 11) is 0. The molecule has 0 spiro atoms. The minimum atomic E-state index is -1.61. The molecule has 0 bridgehead atoms. The van der Waals surface area contributed by atoms with E-state index in [4.69, 9.17) is 20.1 Å². The molecule has 0 aliphatic heterocycles. The lowest BCUT2D eigenvalue weighted by Crippen LogP contribution is -2.35. The second-order valence-electron chi connectivity index (χ2n) is 5.56. The van der Waals surface area contributed by atoms with E-state index in [1.165, 1.54) is 12.4 Å². The van der Waals surface area contributed by atoms with Gasteiger partial charge in [0.2, 0.25) is 0 Å². The average molecular weight is 362 g/mol. The summed E-state index contributed by atoms with van der Waals surface area (Å²) in [5, 5.41) is 65.2. The Hall–Kier alpha value is -1.24. The van der Waals surface area contributed by atoms with Crippen LogP contribution in [-0.4, -0.2) is 96.6 Å². The van der Waals surface area contributed by atoms with Gasteiger partial charge >= 0.3 is 0 Å². The van der Waals surface area contributed by atoms with Crippen LogP contribution in [-0.2, 0) is 11.2 Å². The van der Waals surface area contributed by atoms with Crippen molar-refractivity contribution >= 4 is 0 Å². The molecule has 0 aliphatic carbocycles. The smallest absolute Gasteiger partial charge is 0.126 e. The minimum Gasteiger partial charge on any atom is -0.396 e. The second kappa shape index (κ2) is 11.4. The van der Waals surface area contributed by atoms with E-state index in [1.54, 1.807) is 0 Å². The Morgan fingerprint density at radius 2 is 1.60 bits per heavy atom. The van der Waals surface area contributed by atoms with Crippen molar-refractivity contribution in [3.05, 3.63) is 23.8 Å². The van der Waals surface area contributed by atoms with Gasteiger partial charge in [-0.05, 0) is 6.42 Å². The molecule has 1 aromatic rings. The Balaban J connectivity index is 2.72. The Labute approximate surface area is 145 Å². The summed E-state index contributed by atoms with van der Waals surface area (Å²) in [6.07, 6.45) is -3.50. The van der Waals surface area contributed by atoms with E-state index in [-0.39, 0.29) is 25.3 Å². The molecule has 0 amide bonds. The predicted octanol–water partition coefficient (Wildman–Crippen LogP) is -3.11. The number of ether oxygens (including phenoxy) is 1. The molecule has 1 heterocycles. The first-order chi connectivity index (χ1) is 11.9. The number of aliphatic hydroxyl groups excluding tert-OH is 7. The molecular formula is C15H26N2O8. The topological polar surface area (TPSA) is 177 Å². The van der Waals surface area contributed by atoms with Gasteiger partial charge in [-0.3, -0.25) is 9.97 Å². The summed E-state index contributed by atoms with van der Waals surface area (Å²) in [5.41, 5.74) is 0.416. The summed E-state index contributed by atoms with van der Waals surface area (Å²) < 4.78 is 5.41. The van der Waals surface area contributed by atoms with Crippen molar-refractivity contribution in [1.82, 2.24) is 9.97 Å². The molecule has 0 saturated heterocycles. The summed E-state index contributed by atoms with van der Waals surface area (Å²) in [6.45, 7) is -1.07. The van der Waals surface area contributed by atoms with Crippen molar-refractivity contribution < 1.29 is 40.5 Å². The van der Waals surface area contributed by atoms with Crippen molar-refractivity contribution in [1.29, 1.82) is 0 Å². The van der Waals surface area contributed by atoms with Crippen LogP contribution in [0.1, 0.15) is 23.9 Å². The third-order valence-corrected chi connectivity index (χ3v) is 3.59. The summed E-state index contributed by atoms with van der Waals surface area (Å²) >= 11 is 0. The average Bonchev–Trinajstić information content (AvgIpc) is 2.65. The molecule has 10 heteroatoms. The quantitative estimate of drug-likeness (QED) is 0.188. The molecule has 1 rings (SSSR count). The minimum absolute atomic E-state index is 0.00389. The normalized spacial score (nSPS) is 17.7. The molecular weight excluding hydrogens is 336 g/mol. The number of aromatic nitrogens is 2. The van der Waals surface area contributed by atoms with E-state index in [9.17, 15) is 20.4 Å². The first kappa shape index (κ1) is 21.8. The van der Waals surface area contributed by atoms with E-state index in [0.717, 1.165) is 0 Å². The van der Waals surface area contributed by atoms with Crippen molar-refractivity contribution in [3.8, 4) is 0 Å². The van der Waals surface area contributed by atoms with Gasteiger partial charge < -0.3 is 40.5 Å². The Morgan fingerprint density at radius 3 is 2.12 bits per heavy atom. The highest BCUT2D eigenvalue weighted by atomic mass is 16.5. The lowest BCUT2D eigenvalue weighted by atomic mass is 10.1. The van der Waals surface area contributed by atoms with Crippen molar-refractivity contribution in [2.75, 3.05) is 26.4 Å². The second-order valence-corrected chi connectivity index (χ2v) is 5.56. The van der Waals surface area contributed by atoms with Crippen LogP contribution in [0.15, 0.2) is 12.4 Å². The first-order valence-electron chi connectivity index (χ1n) is 7.91. The van der Waals surface area contributed by atoms with Crippen molar-refractivity contribution in [3.63, 3.8) is 0 Å². The van der Waals surface area contributed by atoms with Gasteiger partial charge in [-0.25, -0.2) is 0 Å². The van der Waals surface area contributed by atoms with E-state index in [2.05, 4.69) is 9.97 Å². The highest BCUT2D eigenvalue weighted by molar-refractivity contribution is 5.08. The van der Waals surface area contributed by atoms with Crippen LogP contribution >= 0.6 is 0 Å². The molecule has 0 fully saturated rings. The largest absolute Gasteiger partial charge is 0.396 e. The monoisotopic (exact) mass is 362 g/mol. The fourth-order valence-electron chi connectivity index (χ4n) is 2.05. The maximum atomic E-state index is 9.89. The first-order valence-corrected chi connectivity index (χ1v) is 7.91. The third kappa shape index (κ3) is 6.88. The maximum absolute atomic E-state index is 9.89. The Bertz CT molecular complexity index is 475. The molecule has 0 radical (unpaired) electrons. The summed E-state index contributed by atoms with van der Waals surface area (Å²) in [6, 6.07) is 0. The van der Waals surface area contributed by atoms with Gasteiger partial charge in [0.05, 0.1) is 36.9 Å². The highest BCUT2D eigenvalue weighted by Crippen LogP contribution is 2.17. The summed E-state index contributed by atoms with van der Waals surface area (Å²) in [5.74, 6) is 0. The van der Waals surface area contributed by atoms with E-state index < -0.39 is 43.7 Å². The van der Waals surface area contributed by atoms with Crippen LogP contribution in [0.4, 0.5) is 0 Å². The molecule has 25 heavy (non-hydrogen) atoms. The van der Waals surface area contributed by atoms with Gasteiger partial charge in [-0.15, -0.1) is 0 Å². The van der Waals surface area contributed by atoms with E-state index in [1.807, 2.05) is 0 Å². The molecule has 1 aromatic heterocycles. The molecule has 0 aliphatic rings. The molecule has 7 N–H and O–H groups in total. The van der Waals surface area contributed by atoms with Crippen LogP contribution in [0.25, 0.3) is 0 Å². The fourth-order valence-corrected chi connectivity index (χ4v) is 2.05. The fraction of sp³-hybridized carbons (Fsp3) is 0.733. The number of aliphatic hydroxyl groups is 7. The molecule has 0 unspecified atom stereocenters. The van der Waals surface area contributed by atoms with Crippen LogP contribution in [0, 0.1) is 0 Å². The standard InChI is InChI=1S/C15H26N2O8/c18-2-1-3-25-13(11(21)7-19)4-9-5-17-10(6-16-9)14(23)15(24)12(22)8-20/h5-6,11-15,18-24H,1-4,7-8H2/t11-,12-,13+,14-,15-/m1/s1. The molecule has 0 saturated carbocycles. The Morgan fingerprint density at radius 1 is 0.920 bits per heavy atom. The number of hydrogen-bond donors (Lipinski definition) is 7. The van der Waals surface area contributed by atoms with Crippen LogP contribution < -0.4 is 0 Å². The lowest BCUT2D eigenvalue weighted by molar-refractivity contribution is -0.0791. The zero-order valence-corrected chi connectivity index (χ0v) is 13.7. The zero-order chi connectivity index (χ0) is 18.8. The predicted molar refractivity (Wildman–Crippen MR) is 84.3 cm³/mol. The van der Waals surface area contributed by atoms with Crippen LogP contribution in [0.5, 0.6) is 0 Å². The van der Waals surface area contributed by atoms with Gasteiger partial charge in [0.15, 0.2) is 0 Å². The Kier molecular flexibility index (Phi) is 9.93. The lowest BCUT2D eigenvalue weighted by Gasteiger charge is -2.22. The third-order valence-electron chi connectivity index (χ3n) is 3.59. The summed E-state index contributed by atoms with van der Waals surface area (Å²) in [4.78, 5) is 8.00. The molecule has 0 aromatic carbocycles. The SMILES string of the molecule is OCCCO[C@@H](Cc1cnc([C@@H](O)[C@H](O)[C@H](O)CO)cn1)[C@H](O)CO. The van der Waals surface area contributed by atoms with Crippen LogP contribution in [0.3, 0.4) is 0 Å². The van der Waals surface area contributed by atoms with Gasteiger partial charge in [0.1, 0.15) is 24.4 Å². The number of rotatable bonds is 12. The van der Waals surface area contributed by atoms with E-state index >= 15 is 0 Å². The molecule has 10 nitrogen and oxygen atoms in total. The van der Waals surface area contributed by atoms with Gasteiger partial charge in [0.25, 0.3) is 0 Å². The number of nitrogens with zero attached hydrogens (tertiary/aromatic N) is 2. The van der Waals surface area contributed by atoms with Crippen molar-refractivity contribution in [2.24, 2.45) is 0 Å². The van der Waals surface area contributed by atoms with Gasteiger partial charge in [0, 0.05) is 25.8 Å². The van der Waals surface area contributed by atoms with Crippen LogP contribution in [0.2, 0.25) is 0 Å².